The van der Waals surface area contributed by atoms with Crippen LogP contribution in [0.5, 0.6) is 0 Å². The minimum Gasteiger partial charge on any atom is -0.367 e. The van der Waals surface area contributed by atoms with Crippen LogP contribution in [-0.4, -0.2) is 16.0 Å². The normalized spacial score (nSPS) is 18.4. The predicted octanol–water partition coefficient (Wildman–Crippen LogP) is 3.00. The highest BCUT2D eigenvalue weighted by Crippen LogP contribution is 2.32. The SMILES string of the molecule is c1ccc2c(c1)CCOC2c1cnc2ccccn12. The van der Waals surface area contributed by atoms with Crippen molar-refractivity contribution in [3.8, 4) is 0 Å². The second-order valence-corrected chi connectivity index (χ2v) is 4.81. The molecule has 0 amide bonds. The van der Waals surface area contributed by atoms with Crippen molar-refractivity contribution < 1.29 is 4.74 Å². The molecular formula is C16H14N2O. The summed E-state index contributed by atoms with van der Waals surface area (Å²) in [6.45, 7) is 0.766. The molecule has 3 heteroatoms. The summed E-state index contributed by atoms with van der Waals surface area (Å²) in [5, 5.41) is 0. The van der Waals surface area contributed by atoms with Gasteiger partial charge in [0, 0.05) is 6.20 Å². The lowest BCUT2D eigenvalue weighted by Gasteiger charge is -2.25. The average molecular weight is 250 g/mol. The fraction of sp³-hybridized carbons (Fsp3) is 0.188. The Morgan fingerprint density at radius 3 is 3.00 bits per heavy atom. The van der Waals surface area contributed by atoms with Crippen LogP contribution < -0.4 is 0 Å². The molecule has 1 aromatic carbocycles. The van der Waals surface area contributed by atoms with Crippen molar-refractivity contribution in [1.82, 2.24) is 9.38 Å². The van der Waals surface area contributed by atoms with Crippen molar-refractivity contribution in [1.29, 1.82) is 0 Å². The molecular weight excluding hydrogens is 236 g/mol. The number of ether oxygens (including phenoxy) is 1. The second-order valence-electron chi connectivity index (χ2n) is 4.81. The Bertz CT molecular complexity index is 732. The fourth-order valence-electron chi connectivity index (χ4n) is 2.78. The quantitative estimate of drug-likeness (QED) is 0.663. The van der Waals surface area contributed by atoms with E-state index in [-0.39, 0.29) is 6.10 Å². The first-order valence-corrected chi connectivity index (χ1v) is 6.55. The summed E-state index contributed by atoms with van der Waals surface area (Å²) in [7, 11) is 0. The molecule has 1 atom stereocenters. The van der Waals surface area contributed by atoms with Crippen LogP contribution >= 0.6 is 0 Å². The van der Waals surface area contributed by atoms with Crippen molar-refractivity contribution in [3.63, 3.8) is 0 Å². The van der Waals surface area contributed by atoms with Crippen molar-refractivity contribution in [2.45, 2.75) is 12.5 Å². The molecule has 94 valence electrons. The summed E-state index contributed by atoms with van der Waals surface area (Å²) >= 11 is 0. The van der Waals surface area contributed by atoms with E-state index < -0.39 is 0 Å². The molecule has 0 aliphatic carbocycles. The molecule has 1 unspecified atom stereocenters. The summed E-state index contributed by atoms with van der Waals surface area (Å²) in [4.78, 5) is 4.45. The largest absolute Gasteiger partial charge is 0.367 e. The Hall–Kier alpha value is -2.13. The van der Waals surface area contributed by atoms with Gasteiger partial charge in [-0.1, -0.05) is 30.3 Å². The van der Waals surface area contributed by atoms with Crippen molar-refractivity contribution in [2.24, 2.45) is 0 Å². The lowest BCUT2D eigenvalue weighted by atomic mass is 9.96. The zero-order valence-electron chi connectivity index (χ0n) is 10.5. The molecule has 0 radical (unpaired) electrons. The number of hydrogen-bond acceptors (Lipinski definition) is 2. The van der Waals surface area contributed by atoms with Crippen molar-refractivity contribution >= 4 is 5.65 Å². The maximum absolute atomic E-state index is 6.00. The highest BCUT2D eigenvalue weighted by Gasteiger charge is 2.24. The summed E-state index contributed by atoms with van der Waals surface area (Å²) in [6, 6.07) is 14.5. The van der Waals surface area contributed by atoms with Gasteiger partial charge in [-0.2, -0.15) is 0 Å². The topological polar surface area (TPSA) is 26.5 Å². The third kappa shape index (κ3) is 1.66. The average Bonchev–Trinajstić information content (AvgIpc) is 2.90. The van der Waals surface area contributed by atoms with Gasteiger partial charge >= 0.3 is 0 Å². The van der Waals surface area contributed by atoms with Gasteiger partial charge in [0.05, 0.1) is 18.5 Å². The zero-order chi connectivity index (χ0) is 12.7. The molecule has 3 aromatic rings. The van der Waals surface area contributed by atoms with Crippen LogP contribution in [0.4, 0.5) is 0 Å². The van der Waals surface area contributed by atoms with E-state index in [1.165, 1.54) is 11.1 Å². The lowest BCUT2D eigenvalue weighted by molar-refractivity contribution is 0.0665. The van der Waals surface area contributed by atoms with Gasteiger partial charge < -0.3 is 9.14 Å². The van der Waals surface area contributed by atoms with E-state index in [0.29, 0.717) is 0 Å². The van der Waals surface area contributed by atoms with Crippen LogP contribution in [-0.2, 0) is 11.2 Å². The van der Waals surface area contributed by atoms with E-state index in [4.69, 9.17) is 4.74 Å². The maximum atomic E-state index is 6.00. The zero-order valence-corrected chi connectivity index (χ0v) is 10.5. The Labute approximate surface area is 111 Å². The van der Waals surface area contributed by atoms with Crippen LogP contribution in [0.1, 0.15) is 22.9 Å². The number of hydrogen-bond donors (Lipinski definition) is 0. The van der Waals surface area contributed by atoms with Gasteiger partial charge in [0.15, 0.2) is 0 Å². The predicted molar refractivity (Wildman–Crippen MR) is 73.1 cm³/mol. The molecule has 3 nitrogen and oxygen atoms in total. The van der Waals surface area contributed by atoms with E-state index in [2.05, 4.69) is 33.7 Å². The third-order valence-corrected chi connectivity index (χ3v) is 3.71. The number of nitrogens with zero attached hydrogens (tertiary/aromatic N) is 2. The lowest BCUT2D eigenvalue weighted by Crippen LogP contribution is -2.18. The minimum absolute atomic E-state index is 0.0117. The Balaban J connectivity index is 1.90. The highest BCUT2D eigenvalue weighted by molar-refractivity contribution is 5.43. The van der Waals surface area contributed by atoms with E-state index >= 15 is 0 Å². The van der Waals surface area contributed by atoms with Gasteiger partial charge in [-0.25, -0.2) is 4.98 Å². The summed E-state index contributed by atoms with van der Waals surface area (Å²) < 4.78 is 8.10. The van der Waals surface area contributed by atoms with Gasteiger partial charge in [0.1, 0.15) is 11.8 Å². The number of fused-ring (bicyclic) bond motifs is 2. The van der Waals surface area contributed by atoms with E-state index in [1.807, 2.05) is 30.6 Å². The molecule has 19 heavy (non-hydrogen) atoms. The molecule has 0 bridgehead atoms. The molecule has 0 fully saturated rings. The van der Waals surface area contributed by atoms with Crippen LogP contribution in [0.3, 0.4) is 0 Å². The van der Waals surface area contributed by atoms with Gasteiger partial charge in [0.2, 0.25) is 0 Å². The minimum atomic E-state index is -0.0117. The summed E-state index contributed by atoms with van der Waals surface area (Å²) in [6.07, 6.45) is 4.94. The smallest absolute Gasteiger partial charge is 0.136 e. The number of pyridine rings is 1. The first kappa shape index (κ1) is 10.8. The van der Waals surface area contributed by atoms with Crippen LogP contribution in [0.25, 0.3) is 5.65 Å². The number of aromatic nitrogens is 2. The maximum Gasteiger partial charge on any atom is 0.136 e. The van der Waals surface area contributed by atoms with Crippen molar-refractivity contribution in [3.05, 3.63) is 71.7 Å². The molecule has 0 saturated heterocycles. The van der Waals surface area contributed by atoms with Gasteiger partial charge in [-0.15, -0.1) is 0 Å². The van der Waals surface area contributed by atoms with Crippen molar-refractivity contribution in [2.75, 3.05) is 6.61 Å². The van der Waals surface area contributed by atoms with Crippen LogP contribution in [0.15, 0.2) is 54.9 Å². The molecule has 0 spiro atoms. The van der Waals surface area contributed by atoms with Crippen LogP contribution in [0, 0.1) is 0 Å². The molecule has 1 aliphatic rings. The fourth-order valence-corrected chi connectivity index (χ4v) is 2.78. The Morgan fingerprint density at radius 2 is 2.00 bits per heavy atom. The van der Waals surface area contributed by atoms with E-state index in [1.54, 1.807) is 0 Å². The molecule has 2 aromatic heterocycles. The first-order chi connectivity index (χ1) is 9.43. The second kappa shape index (κ2) is 4.21. The van der Waals surface area contributed by atoms with E-state index in [0.717, 1.165) is 24.4 Å². The Kier molecular flexibility index (Phi) is 2.38. The monoisotopic (exact) mass is 250 g/mol. The number of rotatable bonds is 1. The van der Waals surface area contributed by atoms with Gasteiger partial charge in [-0.3, -0.25) is 0 Å². The first-order valence-electron chi connectivity index (χ1n) is 6.55. The number of benzene rings is 1. The third-order valence-electron chi connectivity index (χ3n) is 3.71. The standard InChI is InChI=1S/C16H14N2O/c1-2-6-13-12(5-1)8-10-19-16(13)14-11-17-15-7-3-4-9-18(14)15/h1-7,9,11,16H,8,10H2. The Morgan fingerprint density at radius 1 is 1.11 bits per heavy atom. The molecule has 1 aliphatic heterocycles. The van der Waals surface area contributed by atoms with Gasteiger partial charge in [0.25, 0.3) is 0 Å². The van der Waals surface area contributed by atoms with E-state index in [9.17, 15) is 0 Å². The number of imidazole rings is 1. The van der Waals surface area contributed by atoms with Gasteiger partial charge in [-0.05, 0) is 29.7 Å². The molecule has 0 saturated carbocycles. The molecule has 4 rings (SSSR count). The molecule has 3 heterocycles. The highest BCUT2D eigenvalue weighted by atomic mass is 16.5. The molecule has 0 N–H and O–H groups in total. The van der Waals surface area contributed by atoms with Crippen LogP contribution in [0.2, 0.25) is 0 Å². The summed E-state index contributed by atoms with van der Waals surface area (Å²) in [5.41, 5.74) is 4.70. The summed E-state index contributed by atoms with van der Waals surface area (Å²) in [5.74, 6) is 0.